The molecule has 1 N–H and O–H groups in total. The van der Waals surface area contributed by atoms with Crippen LogP contribution >= 0.6 is 0 Å². The number of hydrogen-bond donors (Lipinski definition) is 1. The zero-order valence-corrected chi connectivity index (χ0v) is 8.95. The molecule has 0 fully saturated rings. The quantitative estimate of drug-likeness (QED) is 0.778. The van der Waals surface area contributed by atoms with E-state index in [0.29, 0.717) is 6.61 Å². The van der Waals surface area contributed by atoms with Gasteiger partial charge in [-0.15, -0.1) is 0 Å². The lowest BCUT2D eigenvalue weighted by Crippen LogP contribution is -2.06. The number of benzene rings is 1. The van der Waals surface area contributed by atoms with Crippen LogP contribution < -0.4 is 5.32 Å². The maximum absolute atomic E-state index is 10.9. The summed E-state index contributed by atoms with van der Waals surface area (Å²) in [5.41, 5.74) is 1.96. The van der Waals surface area contributed by atoms with Gasteiger partial charge in [0, 0.05) is 14.2 Å². The Kier molecular flexibility index (Phi) is 4.47. The molecule has 0 aliphatic rings. The highest BCUT2D eigenvalue weighted by Gasteiger charge is 2.02. The topological polar surface area (TPSA) is 47.6 Å². The summed E-state index contributed by atoms with van der Waals surface area (Å²) in [6.07, 6.45) is -0.629. The molecule has 0 atom stereocenters. The van der Waals surface area contributed by atoms with E-state index in [4.69, 9.17) is 4.74 Å². The highest BCUT2D eigenvalue weighted by molar-refractivity contribution is 5.59. The Bertz CT molecular complexity index is 314. The molecule has 0 spiro atoms. The Labute approximate surface area is 90.7 Å². The van der Waals surface area contributed by atoms with Crippen molar-refractivity contribution in [1.29, 1.82) is 0 Å². The van der Waals surface area contributed by atoms with Crippen molar-refractivity contribution in [1.82, 2.24) is 0 Å². The van der Waals surface area contributed by atoms with Gasteiger partial charge in [0.05, 0.1) is 6.61 Å². The number of nitrogens with one attached hydrogen (secondary N) is 1. The minimum Gasteiger partial charge on any atom is -0.435 e. The van der Waals surface area contributed by atoms with Crippen LogP contribution in [0.2, 0.25) is 0 Å². The number of anilines is 1. The molecule has 84 valence electrons. The largest absolute Gasteiger partial charge is 0.508 e. The first-order chi connectivity index (χ1) is 7.26. The molecule has 1 aromatic rings. The molecule has 0 aliphatic carbocycles. The Morgan fingerprint density at radius 3 is 2.53 bits per heavy atom. The van der Waals surface area contributed by atoms with Crippen molar-refractivity contribution in [3.05, 3.63) is 29.8 Å². The molecule has 0 aromatic heterocycles. The summed E-state index contributed by atoms with van der Waals surface area (Å²) in [7, 11) is 1.85. The van der Waals surface area contributed by atoms with Gasteiger partial charge in [0.1, 0.15) is 6.61 Å². The number of rotatable bonds is 4. The molecular weight excluding hydrogens is 194 g/mol. The summed E-state index contributed by atoms with van der Waals surface area (Å²) in [5.74, 6) is 0. The van der Waals surface area contributed by atoms with E-state index in [2.05, 4.69) is 10.1 Å². The minimum atomic E-state index is -0.629. The predicted molar refractivity (Wildman–Crippen MR) is 59.9 cm³/mol. The molecule has 4 nitrogen and oxygen atoms in total. The SMILES string of the molecule is CCOC(=O)OCc1ccc(NC)cc1.[HH]. The number of carbonyl (C=O) groups is 1. The zero-order valence-electron chi connectivity index (χ0n) is 8.95. The molecule has 4 heteroatoms. The maximum atomic E-state index is 10.9. The van der Waals surface area contributed by atoms with E-state index in [-0.39, 0.29) is 8.03 Å². The van der Waals surface area contributed by atoms with Gasteiger partial charge in [-0.05, 0) is 24.6 Å². The summed E-state index contributed by atoms with van der Waals surface area (Å²) in [5, 5.41) is 3.01. The molecule has 0 bridgehead atoms. The number of ether oxygens (including phenoxy) is 2. The van der Waals surface area contributed by atoms with Gasteiger partial charge in [0.2, 0.25) is 0 Å². The molecule has 0 saturated carbocycles. The Balaban J connectivity index is 0.00000225. The molecule has 0 aliphatic heterocycles. The molecule has 0 heterocycles. The second-order valence-electron chi connectivity index (χ2n) is 2.92. The fourth-order valence-electron chi connectivity index (χ4n) is 1.07. The Morgan fingerprint density at radius 2 is 2.00 bits per heavy atom. The average Bonchev–Trinajstić information content (AvgIpc) is 2.27. The van der Waals surface area contributed by atoms with Gasteiger partial charge in [-0.25, -0.2) is 4.79 Å². The lowest BCUT2D eigenvalue weighted by atomic mass is 10.2. The fourth-order valence-corrected chi connectivity index (χ4v) is 1.07. The first-order valence-corrected chi connectivity index (χ1v) is 4.82. The van der Waals surface area contributed by atoms with E-state index >= 15 is 0 Å². The third-order valence-corrected chi connectivity index (χ3v) is 1.86. The van der Waals surface area contributed by atoms with Crippen LogP contribution in [0.4, 0.5) is 10.5 Å². The summed E-state index contributed by atoms with van der Waals surface area (Å²) in [6.45, 7) is 2.31. The predicted octanol–water partition coefficient (Wildman–Crippen LogP) is 2.65. The van der Waals surface area contributed by atoms with Crippen molar-refractivity contribution >= 4 is 11.8 Å². The van der Waals surface area contributed by atoms with Gasteiger partial charge < -0.3 is 14.8 Å². The smallest absolute Gasteiger partial charge is 0.435 e. The summed E-state index contributed by atoms with van der Waals surface area (Å²) in [6, 6.07) is 7.63. The highest BCUT2D eigenvalue weighted by Crippen LogP contribution is 2.09. The van der Waals surface area contributed by atoms with Gasteiger partial charge in [-0.3, -0.25) is 0 Å². The van der Waals surface area contributed by atoms with E-state index in [1.807, 2.05) is 31.3 Å². The van der Waals surface area contributed by atoms with Crippen LogP contribution in [0.3, 0.4) is 0 Å². The van der Waals surface area contributed by atoms with Crippen molar-refractivity contribution in [2.24, 2.45) is 0 Å². The van der Waals surface area contributed by atoms with E-state index in [1.54, 1.807) is 6.92 Å². The molecule has 1 rings (SSSR count). The van der Waals surface area contributed by atoms with Crippen LogP contribution in [0.15, 0.2) is 24.3 Å². The maximum Gasteiger partial charge on any atom is 0.508 e. The zero-order chi connectivity index (χ0) is 11.1. The first-order valence-electron chi connectivity index (χ1n) is 4.82. The van der Waals surface area contributed by atoms with E-state index in [1.165, 1.54) is 0 Å². The molecule has 0 unspecified atom stereocenters. The van der Waals surface area contributed by atoms with Crippen LogP contribution in [-0.2, 0) is 16.1 Å². The van der Waals surface area contributed by atoms with Gasteiger partial charge in [0.15, 0.2) is 0 Å². The van der Waals surface area contributed by atoms with E-state index < -0.39 is 6.16 Å². The van der Waals surface area contributed by atoms with Crippen LogP contribution in [0.25, 0.3) is 0 Å². The monoisotopic (exact) mass is 211 g/mol. The Morgan fingerprint density at radius 1 is 1.33 bits per heavy atom. The van der Waals surface area contributed by atoms with Gasteiger partial charge >= 0.3 is 6.16 Å². The Hall–Kier alpha value is -1.71. The first kappa shape index (κ1) is 11.4. The average molecular weight is 211 g/mol. The molecule has 1 aromatic carbocycles. The number of carbonyl (C=O) groups excluding carboxylic acids is 1. The van der Waals surface area contributed by atoms with Crippen LogP contribution in [0.1, 0.15) is 13.9 Å². The van der Waals surface area contributed by atoms with Crippen molar-refractivity contribution in [2.75, 3.05) is 19.0 Å². The summed E-state index contributed by atoms with van der Waals surface area (Å²) < 4.78 is 9.50. The minimum absolute atomic E-state index is 0. The van der Waals surface area contributed by atoms with Gasteiger partial charge in [0.25, 0.3) is 0 Å². The number of hydrogen-bond acceptors (Lipinski definition) is 4. The van der Waals surface area contributed by atoms with Gasteiger partial charge in [-0.2, -0.15) is 0 Å². The third-order valence-electron chi connectivity index (χ3n) is 1.86. The van der Waals surface area contributed by atoms with Crippen LogP contribution in [0.5, 0.6) is 0 Å². The molecule has 0 radical (unpaired) electrons. The molecule has 0 amide bonds. The summed E-state index contributed by atoms with van der Waals surface area (Å²) in [4.78, 5) is 10.9. The van der Waals surface area contributed by atoms with Crippen molar-refractivity contribution in [3.63, 3.8) is 0 Å². The lowest BCUT2D eigenvalue weighted by molar-refractivity contribution is 0.0536. The standard InChI is InChI=1S/C11H15NO3.H2/c1-3-14-11(13)15-8-9-4-6-10(12-2)7-5-9;/h4-7,12H,3,8H2,1-2H3;1H. The normalized spacial score (nSPS) is 9.47. The van der Waals surface area contributed by atoms with Crippen LogP contribution in [-0.4, -0.2) is 19.8 Å². The second-order valence-corrected chi connectivity index (χ2v) is 2.92. The van der Waals surface area contributed by atoms with E-state index in [0.717, 1.165) is 11.3 Å². The molecule has 0 saturated heterocycles. The van der Waals surface area contributed by atoms with E-state index in [9.17, 15) is 4.79 Å². The summed E-state index contributed by atoms with van der Waals surface area (Å²) >= 11 is 0. The third kappa shape index (κ3) is 3.89. The van der Waals surface area contributed by atoms with Crippen LogP contribution in [0, 0.1) is 0 Å². The van der Waals surface area contributed by atoms with Crippen molar-refractivity contribution < 1.29 is 15.7 Å². The fraction of sp³-hybridized carbons (Fsp3) is 0.364. The second kappa shape index (κ2) is 5.90. The van der Waals surface area contributed by atoms with Crippen molar-refractivity contribution in [2.45, 2.75) is 13.5 Å². The lowest BCUT2D eigenvalue weighted by Gasteiger charge is -2.05. The van der Waals surface area contributed by atoms with Gasteiger partial charge in [-0.1, -0.05) is 12.1 Å². The highest BCUT2D eigenvalue weighted by atomic mass is 16.7. The molecule has 15 heavy (non-hydrogen) atoms. The molecular formula is C11H17NO3. The van der Waals surface area contributed by atoms with Crippen molar-refractivity contribution in [3.8, 4) is 0 Å².